The van der Waals surface area contributed by atoms with Gasteiger partial charge in [0, 0.05) is 46.0 Å². The fourth-order valence-electron chi connectivity index (χ4n) is 2.90. The first-order chi connectivity index (χ1) is 11.3. The Kier molecular flexibility index (Phi) is 4.88. The molecule has 0 atom stereocenters. The molecule has 0 aliphatic carbocycles. The smallest absolute Gasteiger partial charge is 0.257 e. The average Bonchev–Trinajstić information content (AvgIpc) is 2.62. The van der Waals surface area contributed by atoms with E-state index in [0.717, 1.165) is 32.7 Å². The summed E-state index contributed by atoms with van der Waals surface area (Å²) in [4.78, 5) is 21.2. The van der Waals surface area contributed by atoms with E-state index in [2.05, 4.69) is 39.5 Å². The number of anilines is 1. The van der Waals surface area contributed by atoms with Gasteiger partial charge in [0.05, 0.1) is 5.56 Å². The second-order valence-electron chi connectivity index (χ2n) is 5.70. The van der Waals surface area contributed by atoms with Gasteiger partial charge in [-0.1, -0.05) is 30.3 Å². The number of benzene rings is 1. The standard InChI is InChI=1S/C18H22N4O/c1-19-17-16(8-5-9-20-17)18(23)22-12-10-21(11-13-22)14-15-6-3-2-4-7-15/h2-9H,10-14H2,1H3,(H,19,20). The molecule has 1 aliphatic heterocycles. The summed E-state index contributed by atoms with van der Waals surface area (Å²) in [6.45, 7) is 4.25. The second kappa shape index (κ2) is 7.24. The van der Waals surface area contributed by atoms with Gasteiger partial charge in [-0.25, -0.2) is 4.98 Å². The molecule has 0 bridgehead atoms. The van der Waals surface area contributed by atoms with Crippen molar-refractivity contribution in [3.63, 3.8) is 0 Å². The highest BCUT2D eigenvalue weighted by atomic mass is 16.2. The predicted octanol–water partition coefficient (Wildman–Crippen LogP) is 2.08. The number of piperazine rings is 1. The zero-order valence-electron chi connectivity index (χ0n) is 13.4. The molecule has 1 aliphatic rings. The molecule has 1 N–H and O–H groups in total. The topological polar surface area (TPSA) is 48.5 Å². The summed E-state index contributed by atoms with van der Waals surface area (Å²) in [6, 6.07) is 14.1. The van der Waals surface area contributed by atoms with Crippen molar-refractivity contribution in [3.8, 4) is 0 Å². The van der Waals surface area contributed by atoms with Gasteiger partial charge in [-0.3, -0.25) is 9.69 Å². The number of pyridine rings is 1. The molecule has 23 heavy (non-hydrogen) atoms. The monoisotopic (exact) mass is 310 g/mol. The van der Waals surface area contributed by atoms with Gasteiger partial charge in [0.25, 0.3) is 5.91 Å². The predicted molar refractivity (Wildman–Crippen MR) is 91.4 cm³/mol. The Labute approximate surface area is 136 Å². The largest absolute Gasteiger partial charge is 0.372 e. The van der Waals surface area contributed by atoms with Gasteiger partial charge in [-0.15, -0.1) is 0 Å². The molecule has 2 heterocycles. The van der Waals surface area contributed by atoms with Gasteiger partial charge in [-0.05, 0) is 17.7 Å². The molecule has 0 radical (unpaired) electrons. The first kappa shape index (κ1) is 15.5. The van der Waals surface area contributed by atoms with E-state index in [1.807, 2.05) is 17.0 Å². The van der Waals surface area contributed by atoms with Crippen molar-refractivity contribution in [1.82, 2.24) is 14.8 Å². The van der Waals surface area contributed by atoms with Crippen LogP contribution in [0.5, 0.6) is 0 Å². The third kappa shape index (κ3) is 3.68. The van der Waals surface area contributed by atoms with E-state index in [1.54, 1.807) is 19.3 Å². The minimum atomic E-state index is 0.0572. The Hall–Kier alpha value is -2.40. The molecule has 5 heteroatoms. The number of hydrogen-bond acceptors (Lipinski definition) is 4. The molecule has 1 aromatic carbocycles. The molecule has 1 fully saturated rings. The molecular weight excluding hydrogens is 288 g/mol. The average molecular weight is 310 g/mol. The fourth-order valence-corrected chi connectivity index (χ4v) is 2.90. The Morgan fingerprint density at radius 3 is 2.52 bits per heavy atom. The number of rotatable bonds is 4. The summed E-state index contributed by atoms with van der Waals surface area (Å²) < 4.78 is 0. The highest BCUT2D eigenvalue weighted by Gasteiger charge is 2.23. The number of nitrogens with zero attached hydrogens (tertiary/aromatic N) is 3. The Bertz CT molecular complexity index is 651. The highest BCUT2D eigenvalue weighted by molar-refractivity contribution is 5.98. The van der Waals surface area contributed by atoms with E-state index >= 15 is 0 Å². The van der Waals surface area contributed by atoms with Crippen LogP contribution in [-0.4, -0.2) is 53.9 Å². The van der Waals surface area contributed by atoms with Gasteiger partial charge in [0.15, 0.2) is 0 Å². The van der Waals surface area contributed by atoms with Gasteiger partial charge >= 0.3 is 0 Å². The number of aromatic nitrogens is 1. The molecular formula is C18H22N4O. The van der Waals surface area contributed by atoms with E-state index in [0.29, 0.717) is 11.4 Å². The molecule has 5 nitrogen and oxygen atoms in total. The van der Waals surface area contributed by atoms with Crippen molar-refractivity contribution in [2.45, 2.75) is 6.54 Å². The number of hydrogen-bond donors (Lipinski definition) is 1. The van der Waals surface area contributed by atoms with Crippen LogP contribution in [0.15, 0.2) is 48.7 Å². The molecule has 120 valence electrons. The van der Waals surface area contributed by atoms with Crippen molar-refractivity contribution >= 4 is 11.7 Å². The second-order valence-corrected chi connectivity index (χ2v) is 5.70. The van der Waals surface area contributed by atoms with Crippen LogP contribution in [-0.2, 0) is 6.54 Å². The van der Waals surface area contributed by atoms with Crippen LogP contribution in [0.3, 0.4) is 0 Å². The number of carbonyl (C=O) groups excluding carboxylic acids is 1. The van der Waals surface area contributed by atoms with Crippen molar-refractivity contribution < 1.29 is 4.79 Å². The van der Waals surface area contributed by atoms with Crippen LogP contribution < -0.4 is 5.32 Å². The molecule has 2 aromatic rings. The first-order valence-corrected chi connectivity index (χ1v) is 7.96. The lowest BCUT2D eigenvalue weighted by Crippen LogP contribution is -2.48. The summed E-state index contributed by atoms with van der Waals surface area (Å²) in [5.41, 5.74) is 1.96. The molecule has 0 unspecified atom stereocenters. The van der Waals surface area contributed by atoms with Gasteiger partial charge in [-0.2, -0.15) is 0 Å². The summed E-state index contributed by atoms with van der Waals surface area (Å²) in [6.07, 6.45) is 1.69. The van der Waals surface area contributed by atoms with Crippen molar-refractivity contribution in [2.75, 3.05) is 38.5 Å². The van der Waals surface area contributed by atoms with E-state index in [4.69, 9.17) is 0 Å². The maximum atomic E-state index is 12.7. The van der Waals surface area contributed by atoms with E-state index in [1.165, 1.54) is 5.56 Å². The van der Waals surface area contributed by atoms with E-state index in [-0.39, 0.29) is 5.91 Å². The lowest BCUT2D eigenvalue weighted by molar-refractivity contribution is 0.0629. The maximum absolute atomic E-state index is 12.7. The van der Waals surface area contributed by atoms with Crippen LogP contribution >= 0.6 is 0 Å². The number of amides is 1. The SMILES string of the molecule is CNc1ncccc1C(=O)N1CCN(Cc2ccccc2)CC1. The summed E-state index contributed by atoms with van der Waals surface area (Å²) in [7, 11) is 1.79. The molecule has 0 saturated carbocycles. The molecule has 1 aromatic heterocycles. The molecule has 3 rings (SSSR count). The Morgan fingerprint density at radius 2 is 1.83 bits per heavy atom. The molecule has 0 spiro atoms. The zero-order valence-corrected chi connectivity index (χ0v) is 13.4. The van der Waals surface area contributed by atoms with Gasteiger partial charge in [0.1, 0.15) is 5.82 Å². The summed E-state index contributed by atoms with van der Waals surface area (Å²) in [5, 5.41) is 2.99. The van der Waals surface area contributed by atoms with E-state index in [9.17, 15) is 4.79 Å². The van der Waals surface area contributed by atoms with Crippen molar-refractivity contribution in [3.05, 3.63) is 59.8 Å². The van der Waals surface area contributed by atoms with Crippen LogP contribution in [0.2, 0.25) is 0 Å². The van der Waals surface area contributed by atoms with Crippen LogP contribution in [0, 0.1) is 0 Å². The molecule has 1 saturated heterocycles. The lowest BCUT2D eigenvalue weighted by Gasteiger charge is -2.35. The minimum Gasteiger partial charge on any atom is -0.372 e. The third-order valence-corrected chi connectivity index (χ3v) is 4.18. The third-order valence-electron chi connectivity index (χ3n) is 4.18. The number of carbonyl (C=O) groups is 1. The highest BCUT2D eigenvalue weighted by Crippen LogP contribution is 2.16. The van der Waals surface area contributed by atoms with Crippen LogP contribution in [0.25, 0.3) is 0 Å². The van der Waals surface area contributed by atoms with Gasteiger partial charge < -0.3 is 10.2 Å². The Morgan fingerprint density at radius 1 is 1.09 bits per heavy atom. The zero-order chi connectivity index (χ0) is 16.1. The van der Waals surface area contributed by atoms with Crippen molar-refractivity contribution in [2.24, 2.45) is 0 Å². The number of nitrogens with one attached hydrogen (secondary N) is 1. The quantitative estimate of drug-likeness (QED) is 0.939. The molecule has 1 amide bonds. The van der Waals surface area contributed by atoms with Crippen LogP contribution in [0.1, 0.15) is 15.9 Å². The minimum absolute atomic E-state index is 0.0572. The first-order valence-electron chi connectivity index (χ1n) is 7.96. The Balaban J connectivity index is 1.59. The van der Waals surface area contributed by atoms with Crippen molar-refractivity contribution in [1.29, 1.82) is 0 Å². The maximum Gasteiger partial charge on any atom is 0.257 e. The fraction of sp³-hybridized carbons (Fsp3) is 0.333. The summed E-state index contributed by atoms with van der Waals surface area (Å²) in [5.74, 6) is 0.700. The lowest BCUT2D eigenvalue weighted by atomic mass is 10.1. The normalized spacial score (nSPS) is 15.4. The van der Waals surface area contributed by atoms with E-state index < -0.39 is 0 Å². The van der Waals surface area contributed by atoms with Gasteiger partial charge in [0.2, 0.25) is 0 Å². The summed E-state index contributed by atoms with van der Waals surface area (Å²) >= 11 is 0. The van der Waals surface area contributed by atoms with Crippen LogP contribution in [0.4, 0.5) is 5.82 Å².